The van der Waals surface area contributed by atoms with Gasteiger partial charge in [-0.2, -0.15) is 0 Å². The molecule has 0 radical (unpaired) electrons. The summed E-state index contributed by atoms with van der Waals surface area (Å²) in [4.78, 5) is 4.17. The van der Waals surface area contributed by atoms with Gasteiger partial charge in [-0.3, -0.25) is 0 Å². The smallest absolute Gasteiger partial charge is 0.0998 e. The molecule has 1 N–H and O–H groups in total. The Morgan fingerprint density at radius 1 is 1.29 bits per heavy atom. The topological polar surface area (TPSA) is 38.0 Å². The first-order valence-corrected chi connectivity index (χ1v) is 4.52. The van der Waals surface area contributed by atoms with E-state index in [1.165, 1.54) is 0 Å². The average molecular weight is 188 g/mol. The maximum absolute atomic E-state index is 9.19. The van der Waals surface area contributed by atoms with Crippen molar-refractivity contribution in [2.24, 2.45) is 0 Å². The zero-order valence-corrected chi connectivity index (χ0v) is 8.01. The molecule has 2 aromatic rings. The minimum atomic E-state index is 0.0146. The molecule has 72 valence electrons. The molecule has 3 heteroatoms. The van der Waals surface area contributed by atoms with Crippen LogP contribution in [0, 0.1) is 6.92 Å². The van der Waals surface area contributed by atoms with Gasteiger partial charge in [-0.25, -0.2) is 4.98 Å². The molecule has 2 rings (SSSR count). The fourth-order valence-corrected chi connectivity index (χ4v) is 1.46. The van der Waals surface area contributed by atoms with Crippen LogP contribution in [0.4, 0.5) is 0 Å². The normalized spacial score (nSPS) is 10.4. The summed E-state index contributed by atoms with van der Waals surface area (Å²) in [7, 11) is 0. The van der Waals surface area contributed by atoms with Gasteiger partial charge in [0.25, 0.3) is 0 Å². The number of benzene rings is 1. The van der Waals surface area contributed by atoms with Crippen LogP contribution in [-0.4, -0.2) is 14.7 Å². The van der Waals surface area contributed by atoms with Gasteiger partial charge in [-0.05, 0) is 19.1 Å². The maximum Gasteiger partial charge on any atom is 0.0998 e. The van der Waals surface area contributed by atoms with Gasteiger partial charge >= 0.3 is 0 Å². The zero-order valence-electron chi connectivity index (χ0n) is 8.01. The first-order valence-electron chi connectivity index (χ1n) is 4.52. The second-order valence-corrected chi connectivity index (χ2v) is 3.14. The third-order valence-corrected chi connectivity index (χ3v) is 2.26. The summed E-state index contributed by atoms with van der Waals surface area (Å²) in [6, 6.07) is 9.87. The van der Waals surface area contributed by atoms with Crippen molar-refractivity contribution in [3.8, 4) is 5.69 Å². The Morgan fingerprint density at radius 2 is 2.00 bits per heavy atom. The molecule has 1 aromatic heterocycles. The molecular formula is C11H12N2O. The number of rotatable bonds is 2. The molecule has 0 amide bonds. The van der Waals surface area contributed by atoms with Gasteiger partial charge in [0.05, 0.1) is 24.3 Å². The molecule has 0 aliphatic rings. The van der Waals surface area contributed by atoms with Crippen molar-refractivity contribution >= 4 is 0 Å². The number of nitrogens with zero attached hydrogens (tertiary/aromatic N) is 2. The van der Waals surface area contributed by atoms with Crippen LogP contribution >= 0.6 is 0 Å². The van der Waals surface area contributed by atoms with Gasteiger partial charge in [0.1, 0.15) is 0 Å². The highest BCUT2D eigenvalue weighted by Gasteiger charge is 2.06. The standard InChI is InChI=1S/C11H12N2O/c1-9-11(7-14)13(8-12-9)10-5-3-2-4-6-10/h2-6,8,14H,7H2,1H3. The zero-order chi connectivity index (χ0) is 9.97. The molecule has 0 aliphatic carbocycles. The molecule has 3 nitrogen and oxygen atoms in total. The number of aromatic nitrogens is 2. The Balaban J connectivity index is 2.52. The van der Waals surface area contributed by atoms with Gasteiger partial charge in [0, 0.05) is 5.69 Å². The van der Waals surface area contributed by atoms with Crippen molar-refractivity contribution in [2.45, 2.75) is 13.5 Å². The SMILES string of the molecule is Cc1ncn(-c2ccccc2)c1CO. The average Bonchev–Trinajstić information content (AvgIpc) is 2.61. The van der Waals surface area contributed by atoms with E-state index in [0.717, 1.165) is 17.1 Å². The molecule has 0 saturated heterocycles. The number of aliphatic hydroxyl groups is 1. The van der Waals surface area contributed by atoms with Crippen molar-refractivity contribution < 1.29 is 5.11 Å². The summed E-state index contributed by atoms with van der Waals surface area (Å²) in [5.41, 5.74) is 2.74. The van der Waals surface area contributed by atoms with Crippen LogP contribution in [-0.2, 0) is 6.61 Å². The molecule has 0 saturated carbocycles. The van der Waals surface area contributed by atoms with Crippen LogP contribution in [0.1, 0.15) is 11.4 Å². The summed E-state index contributed by atoms with van der Waals surface area (Å²) in [6.45, 7) is 1.91. The van der Waals surface area contributed by atoms with Crippen molar-refractivity contribution in [1.82, 2.24) is 9.55 Å². The minimum Gasteiger partial charge on any atom is -0.390 e. The molecular weight excluding hydrogens is 176 g/mol. The van der Waals surface area contributed by atoms with E-state index >= 15 is 0 Å². The Labute approximate surface area is 82.7 Å². The summed E-state index contributed by atoms with van der Waals surface area (Å²) < 4.78 is 1.90. The van der Waals surface area contributed by atoms with Crippen molar-refractivity contribution in [3.05, 3.63) is 48.0 Å². The van der Waals surface area contributed by atoms with E-state index in [9.17, 15) is 5.11 Å². The molecule has 1 aromatic carbocycles. The molecule has 0 fully saturated rings. The maximum atomic E-state index is 9.19. The van der Waals surface area contributed by atoms with Crippen LogP contribution in [0.2, 0.25) is 0 Å². The van der Waals surface area contributed by atoms with E-state index in [0.29, 0.717) is 0 Å². The van der Waals surface area contributed by atoms with Crippen molar-refractivity contribution in [2.75, 3.05) is 0 Å². The molecule has 0 aliphatic heterocycles. The van der Waals surface area contributed by atoms with Gasteiger partial charge in [0.15, 0.2) is 0 Å². The number of aryl methyl sites for hydroxylation is 1. The number of hydrogen-bond donors (Lipinski definition) is 1. The predicted octanol–water partition coefficient (Wildman–Crippen LogP) is 1.67. The van der Waals surface area contributed by atoms with E-state index in [-0.39, 0.29) is 6.61 Å². The second-order valence-electron chi connectivity index (χ2n) is 3.14. The monoisotopic (exact) mass is 188 g/mol. The molecule has 0 spiro atoms. The Morgan fingerprint density at radius 3 is 2.64 bits per heavy atom. The Hall–Kier alpha value is -1.61. The van der Waals surface area contributed by atoms with E-state index < -0.39 is 0 Å². The fraction of sp³-hybridized carbons (Fsp3) is 0.182. The van der Waals surface area contributed by atoms with Crippen LogP contribution in [0.15, 0.2) is 36.7 Å². The largest absolute Gasteiger partial charge is 0.390 e. The van der Waals surface area contributed by atoms with Gasteiger partial charge in [-0.1, -0.05) is 18.2 Å². The molecule has 0 atom stereocenters. The molecule has 14 heavy (non-hydrogen) atoms. The van der Waals surface area contributed by atoms with E-state index in [4.69, 9.17) is 0 Å². The molecule has 0 unspecified atom stereocenters. The first-order chi connectivity index (χ1) is 6.83. The summed E-state index contributed by atoms with van der Waals surface area (Å²) in [5.74, 6) is 0. The van der Waals surface area contributed by atoms with Crippen LogP contribution in [0.3, 0.4) is 0 Å². The van der Waals surface area contributed by atoms with Crippen LogP contribution < -0.4 is 0 Å². The van der Waals surface area contributed by atoms with Crippen molar-refractivity contribution in [3.63, 3.8) is 0 Å². The lowest BCUT2D eigenvalue weighted by Crippen LogP contribution is -1.99. The predicted molar refractivity (Wildman–Crippen MR) is 54.2 cm³/mol. The Kier molecular flexibility index (Phi) is 2.33. The first kappa shape index (κ1) is 8.97. The third-order valence-electron chi connectivity index (χ3n) is 2.26. The molecule has 0 bridgehead atoms. The Bertz CT molecular complexity index is 420. The van der Waals surface area contributed by atoms with Crippen LogP contribution in [0.25, 0.3) is 5.69 Å². The van der Waals surface area contributed by atoms with Crippen LogP contribution in [0.5, 0.6) is 0 Å². The lowest BCUT2D eigenvalue weighted by Gasteiger charge is -2.05. The van der Waals surface area contributed by atoms with E-state index in [1.807, 2.05) is 41.8 Å². The summed E-state index contributed by atoms with van der Waals surface area (Å²) in [5, 5.41) is 9.19. The van der Waals surface area contributed by atoms with Gasteiger partial charge in [-0.15, -0.1) is 0 Å². The minimum absolute atomic E-state index is 0.0146. The van der Waals surface area contributed by atoms with Crippen molar-refractivity contribution in [1.29, 1.82) is 0 Å². The van der Waals surface area contributed by atoms with Gasteiger partial charge < -0.3 is 9.67 Å². The van der Waals surface area contributed by atoms with E-state index in [2.05, 4.69) is 4.98 Å². The lowest BCUT2D eigenvalue weighted by molar-refractivity contribution is 0.274. The number of hydrogen-bond acceptors (Lipinski definition) is 2. The number of imidazole rings is 1. The van der Waals surface area contributed by atoms with Gasteiger partial charge in [0.2, 0.25) is 0 Å². The second kappa shape index (κ2) is 3.64. The molecule has 1 heterocycles. The number of aliphatic hydroxyl groups excluding tert-OH is 1. The highest BCUT2D eigenvalue weighted by Crippen LogP contribution is 2.13. The summed E-state index contributed by atoms with van der Waals surface area (Å²) in [6.07, 6.45) is 1.73. The third kappa shape index (κ3) is 1.42. The fourth-order valence-electron chi connectivity index (χ4n) is 1.46. The number of para-hydroxylation sites is 1. The quantitative estimate of drug-likeness (QED) is 0.778. The highest BCUT2D eigenvalue weighted by molar-refractivity contribution is 5.34. The lowest BCUT2D eigenvalue weighted by atomic mass is 10.3. The summed E-state index contributed by atoms with van der Waals surface area (Å²) >= 11 is 0. The highest BCUT2D eigenvalue weighted by atomic mass is 16.3. The van der Waals surface area contributed by atoms with E-state index in [1.54, 1.807) is 6.33 Å².